The maximum atomic E-state index is 13.1. The van der Waals surface area contributed by atoms with Gasteiger partial charge in [-0.15, -0.1) is 0 Å². The molecule has 1 N–H and O–H groups in total. The van der Waals surface area contributed by atoms with Crippen molar-refractivity contribution in [2.45, 2.75) is 31.8 Å². The van der Waals surface area contributed by atoms with Gasteiger partial charge in [-0.2, -0.15) is 0 Å². The van der Waals surface area contributed by atoms with Crippen LogP contribution in [0, 0.1) is 0 Å². The van der Waals surface area contributed by atoms with Crippen LogP contribution in [0.2, 0.25) is 0 Å². The smallest absolute Gasteiger partial charge is 0.328 e. The second-order valence-corrected chi connectivity index (χ2v) is 7.54. The fourth-order valence-electron chi connectivity index (χ4n) is 4.29. The third-order valence-corrected chi connectivity index (χ3v) is 5.82. The molecule has 1 atom stereocenters. The van der Waals surface area contributed by atoms with Gasteiger partial charge in [0.15, 0.2) is 11.5 Å². The lowest BCUT2D eigenvalue weighted by molar-refractivity contribution is -0.132. The highest BCUT2D eigenvalue weighted by molar-refractivity contribution is 5.79. The zero-order valence-corrected chi connectivity index (χ0v) is 17.6. The maximum Gasteiger partial charge on any atom is 0.328 e. The van der Waals surface area contributed by atoms with Gasteiger partial charge >= 0.3 is 5.69 Å². The highest BCUT2D eigenvalue weighted by atomic mass is 16.5. The molecule has 0 bridgehead atoms. The second kappa shape index (κ2) is 8.67. The topological polar surface area (TPSA) is 93.6 Å². The van der Waals surface area contributed by atoms with Gasteiger partial charge in [-0.25, -0.2) is 4.79 Å². The number of aryl methyl sites for hydroxylation is 1. The Hall–Kier alpha value is -3.55. The van der Waals surface area contributed by atoms with Crippen molar-refractivity contribution in [3.8, 4) is 11.5 Å². The molecule has 1 amide bonds. The van der Waals surface area contributed by atoms with Crippen molar-refractivity contribution >= 4 is 16.8 Å². The molecular formula is C23H25N3O5. The van der Waals surface area contributed by atoms with Crippen LogP contribution in [0.5, 0.6) is 11.5 Å². The second-order valence-electron chi connectivity index (χ2n) is 7.54. The molecular weight excluding hydrogens is 398 g/mol. The lowest BCUT2D eigenvalue weighted by atomic mass is 10.0. The minimum Gasteiger partial charge on any atom is -0.493 e. The lowest BCUT2D eigenvalue weighted by Crippen LogP contribution is -2.34. The Bertz CT molecular complexity index is 1230. The molecule has 0 unspecified atom stereocenters. The van der Waals surface area contributed by atoms with Gasteiger partial charge < -0.3 is 14.4 Å². The van der Waals surface area contributed by atoms with Crippen molar-refractivity contribution in [3.63, 3.8) is 0 Å². The molecule has 1 saturated heterocycles. The van der Waals surface area contributed by atoms with Crippen molar-refractivity contribution in [1.82, 2.24) is 14.5 Å². The average molecular weight is 423 g/mol. The Labute approximate surface area is 179 Å². The van der Waals surface area contributed by atoms with Crippen LogP contribution >= 0.6 is 0 Å². The number of fused-ring (bicyclic) bond motifs is 1. The number of hydrogen-bond donors (Lipinski definition) is 1. The first kappa shape index (κ1) is 20.7. The average Bonchev–Trinajstić information content (AvgIpc) is 3.28. The van der Waals surface area contributed by atoms with Crippen molar-refractivity contribution < 1.29 is 14.3 Å². The number of hydrogen-bond acceptors (Lipinski definition) is 5. The summed E-state index contributed by atoms with van der Waals surface area (Å²) in [6, 6.07) is 12.6. The quantitative estimate of drug-likeness (QED) is 0.657. The largest absolute Gasteiger partial charge is 0.493 e. The van der Waals surface area contributed by atoms with Crippen LogP contribution in [0.1, 0.15) is 30.9 Å². The van der Waals surface area contributed by atoms with Crippen LogP contribution in [-0.4, -0.2) is 41.1 Å². The summed E-state index contributed by atoms with van der Waals surface area (Å²) in [6.07, 6.45) is 1.94. The van der Waals surface area contributed by atoms with Crippen LogP contribution < -0.4 is 20.7 Å². The molecule has 1 aliphatic heterocycles. The van der Waals surface area contributed by atoms with Gasteiger partial charge in [-0.05, 0) is 42.7 Å². The number of carbonyl (C=O) groups excluding carboxylic acids is 1. The number of benzene rings is 2. The molecule has 8 heteroatoms. The van der Waals surface area contributed by atoms with E-state index in [1.54, 1.807) is 38.5 Å². The SMILES string of the molecule is COc1ccc([C@H]2CCCN2C(=O)CCn2c(=O)[nH]c(=O)c3ccccc32)cc1OC. The van der Waals surface area contributed by atoms with E-state index in [9.17, 15) is 14.4 Å². The van der Waals surface area contributed by atoms with Gasteiger partial charge in [-0.3, -0.25) is 19.1 Å². The Morgan fingerprint density at radius 1 is 1.10 bits per heavy atom. The summed E-state index contributed by atoms with van der Waals surface area (Å²) >= 11 is 0. The number of para-hydroxylation sites is 1. The van der Waals surface area contributed by atoms with Crippen LogP contribution in [0.25, 0.3) is 10.9 Å². The zero-order chi connectivity index (χ0) is 22.0. The summed E-state index contributed by atoms with van der Waals surface area (Å²) in [6.45, 7) is 0.864. The van der Waals surface area contributed by atoms with E-state index in [4.69, 9.17) is 9.47 Å². The third-order valence-electron chi connectivity index (χ3n) is 5.82. The van der Waals surface area contributed by atoms with E-state index in [0.29, 0.717) is 28.9 Å². The first-order valence-corrected chi connectivity index (χ1v) is 10.3. The third kappa shape index (κ3) is 3.93. The van der Waals surface area contributed by atoms with Gasteiger partial charge in [-0.1, -0.05) is 18.2 Å². The summed E-state index contributed by atoms with van der Waals surface area (Å²) in [4.78, 5) is 41.7. The Morgan fingerprint density at radius 2 is 1.87 bits per heavy atom. The molecule has 0 spiro atoms. The maximum absolute atomic E-state index is 13.1. The number of H-pyrrole nitrogens is 1. The highest BCUT2D eigenvalue weighted by Crippen LogP contribution is 2.37. The van der Waals surface area contributed by atoms with Gasteiger partial charge in [0.1, 0.15) is 0 Å². The van der Waals surface area contributed by atoms with E-state index < -0.39 is 11.2 Å². The lowest BCUT2D eigenvalue weighted by Gasteiger charge is -2.26. The van der Waals surface area contributed by atoms with E-state index in [2.05, 4.69) is 4.98 Å². The highest BCUT2D eigenvalue weighted by Gasteiger charge is 2.30. The summed E-state index contributed by atoms with van der Waals surface area (Å²) < 4.78 is 12.2. The van der Waals surface area contributed by atoms with Crippen molar-refractivity contribution in [2.24, 2.45) is 0 Å². The number of aromatic amines is 1. The first-order valence-electron chi connectivity index (χ1n) is 10.3. The minimum absolute atomic E-state index is 0.0283. The standard InChI is InChI=1S/C23H25N3O5/c1-30-19-10-9-15(14-20(19)31-2)17-8-5-12-25(17)21(27)11-13-26-18-7-4-3-6-16(18)22(28)24-23(26)29/h3-4,6-7,9-10,14,17H,5,8,11-13H2,1-2H3,(H,24,28,29)/t17-/m1/s1. The van der Waals surface area contributed by atoms with Crippen LogP contribution in [0.15, 0.2) is 52.1 Å². The number of rotatable bonds is 6. The Morgan fingerprint density at radius 3 is 2.65 bits per heavy atom. The first-order chi connectivity index (χ1) is 15.0. The van der Waals surface area contributed by atoms with E-state index in [1.807, 2.05) is 23.1 Å². The number of methoxy groups -OCH3 is 2. The van der Waals surface area contributed by atoms with Gasteiger partial charge in [0.05, 0.1) is 31.2 Å². The fraction of sp³-hybridized carbons (Fsp3) is 0.348. The summed E-state index contributed by atoms with van der Waals surface area (Å²) in [5.74, 6) is 1.25. The normalized spacial score (nSPS) is 15.9. The predicted octanol–water partition coefficient (Wildman–Crippen LogP) is 2.46. The fourth-order valence-corrected chi connectivity index (χ4v) is 4.29. The molecule has 8 nitrogen and oxygen atoms in total. The molecule has 3 aromatic rings. The van der Waals surface area contributed by atoms with Crippen molar-refractivity contribution in [2.75, 3.05) is 20.8 Å². The van der Waals surface area contributed by atoms with Crippen LogP contribution in [-0.2, 0) is 11.3 Å². The molecule has 1 fully saturated rings. The summed E-state index contributed by atoms with van der Waals surface area (Å²) in [5.41, 5.74) is 0.600. The van der Waals surface area contributed by atoms with E-state index in [-0.39, 0.29) is 24.9 Å². The van der Waals surface area contributed by atoms with E-state index in [0.717, 1.165) is 18.4 Å². The number of aromatic nitrogens is 2. The molecule has 162 valence electrons. The number of carbonyl (C=O) groups is 1. The number of nitrogens with zero attached hydrogens (tertiary/aromatic N) is 2. The molecule has 4 rings (SSSR count). The molecule has 1 aromatic heterocycles. The minimum atomic E-state index is -0.505. The predicted molar refractivity (Wildman–Crippen MR) is 117 cm³/mol. The molecule has 0 aliphatic carbocycles. The number of ether oxygens (including phenoxy) is 2. The summed E-state index contributed by atoms with van der Waals surface area (Å²) in [5, 5.41) is 0.430. The molecule has 2 aromatic carbocycles. The Balaban J connectivity index is 1.55. The van der Waals surface area contributed by atoms with Crippen molar-refractivity contribution in [3.05, 3.63) is 68.9 Å². The van der Waals surface area contributed by atoms with E-state index >= 15 is 0 Å². The van der Waals surface area contributed by atoms with Crippen LogP contribution in [0.4, 0.5) is 0 Å². The van der Waals surface area contributed by atoms with Gasteiger partial charge in [0.2, 0.25) is 5.91 Å². The zero-order valence-electron chi connectivity index (χ0n) is 17.6. The monoisotopic (exact) mass is 423 g/mol. The molecule has 1 aliphatic rings. The summed E-state index contributed by atoms with van der Waals surface area (Å²) in [7, 11) is 3.18. The van der Waals surface area contributed by atoms with E-state index in [1.165, 1.54) is 4.57 Å². The van der Waals surface area contributed by atoms with Gasteiger partial charge in [0, 0.05) is 19.5 Å². The number of nitrogens with one attached hydrogen (secondary N) is 1. The molecule has 31 heavy (non-hydrogen) atoms. The van der Waals surface area contributed by atoms with Crippen molar-refractivity contribution in [1.29, 1.82) is 0 Å². The molecule has 0 radical (unpaired) electrons. The number of amides is 1. The molecule has 2 heterocycles. The Kier molecular flexibility index (Phi) is 5.79. The van der Waals surface area contributed by atoms with Crippen LogP contribution in [0.3, 0.4) is 0 Å². The number of likely N-dealkylation sites (tertiary alicyclic amines) is 1. The van der Waals surface area contributed by atoms with Gasteiger partial charge in [0.25, 0.3) is 5.56 Å². The molecule has 0 saturated carbocycles.